The number of rotatable bonds is 7. The van der Waals surface area contributed by atoms with E-state index in [4.69, 9.17) is 4.74 Å². The molecular formula is C15H26N2O2. The van der Waals surface area contributed by atoms with Crippen molar-refractivity contribution in [3.8, 4) is 5.75 Å². The van der Waals surface area contributed by atoms with Gasteiger partial charge in [0.15, 0.2) is 0 Å². The second-order valence-corrected chi connectivity index (χ2v) is 5.50. The smallest absolute Gasteiger partial charge is 0.118 e. The van der Waals surface area contributed by atoms with Crippen LogP contribution in [0.1, 0.15) is 11.7 Å². The molecule has 4 heteroatoms. The highest BCUT2D eigenvalue weighted by Gasteiger charge is 2.22. The van der Waals surface area contributed by atoms with Crippen molar-refractivity contribution < 1.29 is 9.84 Å². The molecule has 0 aliphatic rings. The first kappa shape index (κ1) is 16.0. The first-order chi connectivity index (χ1) is 8.93. The summed E-state index contributed by atoms with van der Waals surface area (Å²) in [6.07, 6.45) is -0.462. The molecule has 0 fully saturated rings. The van der Waals surface area contributed by atoms with E-state index in [1.165, 1.54) is 0 Å². The summed E-state index contributed by atoms with van der Waals surface area (Å²) < 4.78 is 5.14. The van der Waals surface area contributed by atoms with E-state index >= 15 is 0 Å². The molecular weight excluding hydrogens is 240 g/mol. The molecule has 108 valence electrons. The molecule has 4 nitrogen and oxygen atoms in total. The summed E-state index contributed by atoms with van der Waals surface area (Å²) in [6.45, 7) is 1.71. The Labute approximate surface area is 116 Å². The molecule has 1 atom stereocenters. The number of aliphatic hydroxyl groups excluding tert-OH is 1. The summed E-state index contributed by atoms with van der Waals surface area (Å²) in [7, 11) is 9.77. The maximum Gasteiger partial charge on any atom is 0.118 e. The second-order valence-electron chi connectivity index (χ2n) is 5.50. The largest absolute Gasteiger partial charge is 0.497 e. The molecule has 0 aromatic heterocycles. The van der Waals surface area contributed by atoms with Crippen LogP contribution in [0.2, 0.25) is 0 Å². The van der Waals surface area contributed by atoms with E-state index in [0.717, 1.165) is 24.4 Å². The van der Waals surface area contributed by atoms with Crippen LogP contribution in [0.5, 0.6) is 5.75 Å². The van der Waals surface area contributed by atoms with Gasteiger partial charge in [-0.2, -0.15) is 0 Å². The normalized spacial score (nSPS) is 13.3. The fourth-order valence-corrected chi connectivity index (χ4v) is 2.27. The fraction of sp³-hybridized carbons (Fsp3) is 0.600. The van der Waals surface area contributed by atoms with Crippen molar-refractivity contribution >= 4 is 0 Å². The van der Waals surface area contributed by atoms with Crippen LogP contribution in [0.25, 0.3) is 0 Å². The van der Waals surface area contributed by atoms with Crippen LogP contribution in [0, 0.1) is 5.92 Å². The van der Waals surface area contributed by atoms with Crippen molar-refractivity contribution in [2.45, 2.75) is 6.10 Å². The molecule has 1 N–H and O–H groups in total. The van der Waals surface area contributed by atoms with Gasteiger partial charge in [0.2, 0.25) is 0 Å². The van der Waals surface area contributed by atoms with Gasteiger partial charge >= 0.3 is 0 Å². The third-order valence-electron chi connectivity index (χ3n) is 3.10. The highest BCUT2D eigenvalue weighted by atomic mass is 16.5. The van der Waals surface area contributed by atoms with Crippen LogP contribution in [0.4, 0.5) is 0 Å². The number of hydrogen-bond acceptors (Lipinski definition) is 4. The summed E-state index contributed by atoms with van der Waals surface area (Å²) in [5.74, 6) is 0.992. The van der Waals surface area contributed by atoms with E-state index in [1.54, 1.807) is 7.11 Å². The van der Waals surface area contributed by atoms with E-state index in [0.29, 0.717) is 0 Å². The van der Waals surface area contributed by atoms with E-state index < -0.39 is 6.10 Å². The number of benzene rings is 1. The molecule has 19 heavy (non-hydrogen) atoms. The molecule has 0 unspecified atom stereocenters. The summed E-state index contributed by atoms with van der Waals surface area (Å²) in [5.41, 5.74) is 0.939. The SMILES string of the molecule is COc1ccc([C@H](O)C(CN(C)C)CN(C)C)cc1. The summed E-state index contributed by atoms with van der Waals surface area (Å²) in [6, 6.07) is 7.64. The number of nitrogens with zero attached hydrogens (tertiary/aromatic N) is 2. The molecule has 0 aliphatic carbocycles. The minimum atomic E-state index is -0.462. The van der Waals surface area contributed by atoms with Gasteiger partial charge in [0, 0.05) is 19.0 Å². The minimum Gasteiger partial charge on any atom is -0.497 e. The highest BCUT2D eigenvalue weighted by Crippen LogP contribution is 2.25. The predicted molar refractivity (Wildman–Crippen MR) is 78.6 cm³/mol. The van der Waals surface area contributed by atoms with Gasteiger partial charge in [-0.3, -0.25) is 0 Å². The van der Waals surface area contributed by atoms with Gasteiger partial charge in [-0.1, -0.05) is 12.1 Å². The average Bonchev–Trinajstić information content (AvgIpc) is 2.36. The first-order valence-electron chi connectivity index (χ1n) is 6.55. The Kier molecular flexibility index (Phi) is 6.28. The molecule has 0 amide bonds. The van der Waals surface area contributed by atoms with Crippen LogP contribution < -0.4 is 4.74 Å². The Bertz CT molecular complexity index is 353. The van der Waals surface area contributed by atoms with Crippen LogP contribution >= 0.6 is 0 Å². The Morgan fingerprint density at radius 3 is 1.84 bits per heavy atom. The van der Waals surface area contributed by atoms with Gasteiger partial charge in [-0.15, -0.1) is 0 Å². The Morgan fingerprint density at radius 2 is 1.47 bits per heavy atom. The van der Waals surface area contributed by atoms with Gasteiger partial charge in [0.25, 0.3) is 0 Å². The Morgan fingerprint density at radius 1 is 1.00 bits per heavy atom. The van der Waals surface area contributed by atoms with E-state index in [-0.39, 0.29) is 5.92 Å². The van der Waals surface area contributed by atoms with Crippen LogP contribution in [0.3, 0.4) is 0 Å². The van der Waals surface area contributed by atoms with E-state index in [2.05, 4.69) is 9.80 Å². The minimum absolute atomic E-state index is 0.179. The third kappa shape index (κ3) is 5.19. The molecule has 1 aromatic carbocycles. The van der Waals surface area contributed by atoms with Gasteiger partial charge in [-0.05, 0) is 45.9 Å². The van der Waals surface area contributed by atoms with Crippen LogP contribution in [0.15, 0.2) is 24.3 Å². The maximum atomic E-state index is 10.5. The fourth-order valence-electron chi connectivity index (χ4n) is 2.27. The quantitative estimate of drug-likeness (QED) is 0.811. The number of methoxy groups -OCH3 is 1. The van der Waals surface area contributed by atoms with E-state index in [9.17, 15) is 5.11 Å². The first-order valence-corrected chi connectivity index (χ1v) is 6.55. The van der Waals surface area contributed by atoms with Crippen LogP contribution in [-0.4, -0.2) is 63.3 Å². The summed E-state index contributed by atoms with van der Waals surface area (Å²) >= 11 is 0. The Hall–Kier alpha value is -1.10. The number of aliphatic hydroxyl groups is 1. The predicted octanol–water partition coefficient (Wildman–Crippen LogP) is 1.47. The molecule has 0 spiro atoms. The third-order valence-corrected chi connectivity index (χ3v) is 3.10. The van der Waals surface area contributed by atoms with Crippen molar-refractivity contribution in [1.82, 2.24) is 9.80 Å². The zero-order valence-electron chi connectivity index (χ0n) is 12.6. The zero-order chi connectivity index (χ0) is 14.4. The van der Waals surface area contributed by atoms with Gasteiger partial charge in [0.05, 0.1) is 13.2 Å². The monoisotopic (exact) mass is 266 g/mol. The lowest BCUT2D eigenvalue weighted by atomic mass is 9.94. The number of hydrogen-bond donors (Lipinski definition) is 1. The lowest BCUT2D eigenvalue weighted by molar-refractivity contribution is 0.0735. The molecule has 0 heterocycles. The maximum absolute atomic E-state index is 10.5. The summed E-state index contributed by atoms with van der Waals surface area (Å²) in [5, 5.41) is 10.5. The van der Waals surface area contributed by atoms with E-state index in [1.807, 2.05) is 52.5 Å². The highest BCUT2D eigenvalue weighted by molar-refractivity contribution is 5.28. The molecule has 0 bridgehead atoms. The van der Waals surface area contributed by atoms with Crippen molar-refractivity contribution in [2.75, 3.05) is 48.4 Å². The Balaban J connectivity index is 2.80. The van der Waals surface area contributed by atoms with Crippen molar-refractivity contribution in [3.63, 3.8) is 0 Å². The molecule has 0 saturated carbocycles. The zero-order valence-corrected chi connectivity index (χ0v) is 12.6. The van der Waals surface area contributed by atoms with Crippen molar-refractivity contribution in [1.29, 1.82) is 0 Å². The standard InChI is InChI=1S/C15H26N2O2/c1-16(2)10-13(11-17(3)4)15(18)12-6-8-14(19-5)9-7-12/h6-9,13,15,18H,10-11H2,1-5H3/t15-/m0/s1. The van der Waals surface area contributed by atoms with Gasteiger partial charge < -0.3 is 19.6 Å². The lowest BCUT2D eigenvalue weighted by Gasteiger charge is -2.28. The topological polar surface area (TPSA) is 35.9 Å². The average molecular weight is 266 g/mol. The molecule has 0 aliphatic heterocycles. The van der Waals surface area contributed by atoms with Gasteiger partial charge in [-0.25, -0.2) is 0 Å². The molecule has 0 radical (unpaired) electrons. The van der Waals surface area contributed by atoms with Crippen molar-refractivity contribution in [3.05, 3.63) is 29.8 Å². The summed E-state index contributed by atoms with van der Waals surface area (Å²) in [4.78, 5) is 4.22. The second kappa shape index (κ2) is 7.48. The molecule has 0 saturated heterocycles. The molecule has 1 rings (SSSR count). The molecule has 1 aromatic rings. The number of ether oxygens (including phenoxy) is 1. The lowest BCUT2D eigenvalue weighted by Crippen LogP contribution is -2.34. The van der Waals surface area contributed by atoms with Gasteiger partial charge in [0.1, 0.15) is 5.75 Å². The van der Waals surface area contributed by atoms with Crippen molar-refractivity contribution in [2.24, 2.45) is 5.92 Å². The van der Waals surface area contributed by atoms with Crippen LogP contribution in [-0.2, 0) is 0 Å².